The van der Waals surface area contributed by atoms with Crippen LogP contribution in [-0.2, 0) is 10.0 Å². The lowest BCUT2D eigenvalue weighted by molar-refractivity contribution is 0.585. The predicted molar refractivity (Wildman–Crippen MR) is 52.7 cm³/mol. The van der Waals surface area contributed by atoms with Crippen LogP contribution < -0.4 is 4.72 Å². The molecule has 0 fully saturated rings. The number of thiazole rings is 1. The number of aryl methyl sites for hydroxylation is 1. The largest absolute Gasteiger partial charge is 0.251 e. The summed E-state index contributed by atoms with van der Waals surface area (Å²) >= 11 is 6.55. The van der Waals surface area contributed by atoms with Gasteiger partial charge in [0.15, 0.2) is 8.68 Å². The second-order valence-corrected chi connectivity index (χ2v) is 5.88. The Bertz CT molecular complexity index is 399. The Kier molecular flexibility index (Phi) is 3.28. The Morgan fingerprint density at radius 2 is 2.23 bits per heavy atom. The van der Waals surface area contributed by atoms with Crippen molar-refractivity contribution in [1.82, 2.24) is 9.71 Å². The predicted octanol–water partition coefficient (Wildman–Crippen LogP) is 1.40. The van der Waals surface area contributed by atoms with Gasteiger partial charge < -0.3 is 0 Å². The molecule has 0 aromatic carbocycles. The van der Waals surface area contributed by atoms with Gasteiger partial charge in [0.2, 0.25) is 0 Å². The normalized spacial score (nSPS) is 11.9. The fourth-order valence-corrected chi connectivity index (χ4v) is 3.68. The van der Waals surface area contributed by atoms with E-state index in [1.54, 1.807) is 13.8 Å². The van der Waals surface area contributed by atoms with Crippen molar-refractivity contribution >= 4 is 33.0 Å². The van der Waals surface area contributed by atoms with Crippen molar-refractivity contribution in [1.29, 1.82) is 0 Å². The van der Waals surface area contributed by atoms with Crippen molar-refractivity contribution < 1.29 is 8.42 Å². The van der Waals surface area contributed by atoms with E-state index in [-0.39, 0.29) is 8.68 Å². The minimum atomic E-state index is -3.40. The number of nitrogens with zero attached hydrogens (tertiary/aromatic N) is 1. The molecule has 0 spiro atoms. The van der Waals surface area contributed by atoms with E-state index in [2.05, 4.69) is 9.71 Å². The topological polar surface area (TPSA) is 59.1 Å². The minimum Gasteiger partial charge on any atom is -0.229 e. The first-order valence-corrected chi connectivity index (χ1v) is 6.27. The van der Waals surface area contributed by atoms with E-state index in [4.69, 9.17) is 11.6 Å². The molecule has 4 nitrogen and oxygen atoms in total. The number of hydrogen-bond acceptors (Lipinski definition) is 4. The highest BCUT2D eigenvalue weighted by molar-refractivity contribution is 7.91. The second kappa shape index (κ2) is 3.91. The van der Waals surface area contributed by atoms with Crippen LogP contribution in [0.4, 0.5) is 0 Å². The summed E-state index contributed by atoms with van der Waals surface area (Å²) in [6, 6.07) is 0. The molecule has 0 aliphatic carbocycles. The smallest absolute Gasteiger partial charge is 0.229 e. The average Bonchev–Trinajstić information content (AvgIpc) is 2.30. The molecule has 1 heterocycles. The van der Waals surface area contributed by atoms with Crippen molar-refractivity contribution in [3.63, 3.8) is 0 Å². The first-order chi connectivity index (χ1) is 5.97. The molecule has 0 saturated carbocycles. The van der Waals surface area contributed by atoms with Crippen molar-refractivity contribution in [2.24, 2.45) is 0 Å². The number of aromatic nitrogens is 1. The summed E-state index contributed by atoms with van der Waals surface area (Å²) in [5.41, 5.74) is 0.441. The van der Waals surface area contributed by atoms with Gasteiger partial charge >= 0.3 is 0 Å². The van der Waals surface area contributed by atoms with Crippen molar-refractivity contribution in [2.75, 3.05) is 6.54 Å². The standard InChI is InChI=1S/C6H9ClN2O2S2/c1-3-8-13(10,11)5-4(2)9-6(7)12-5/h8H,3H2,1-2H3. The molecule has 0 atom stereocenters. The zero-order valence-electron chi connectivity index (χ0n) is 7.17. The molecular formula is C6H9ClN2O2S2. The van der Waals surface area contributed by atoms with E-state index in [1.165, 1.54) is 0 Å². The number of halogens is 1. The molecule has 1 aromatic heterocycles. The number of sulfonamides is 1. The van der Waals surface area contributed by atoms with E-state index in [1.807, 2.05) is 0 Å². The van der Waals surface area contributed by atoms with E-state index in [9.17, 15) is 8.42 Å². The quantitative estimate of drug-likeness (QED) is 0.869. The summed E-state index contributed by atoms with van der Waals surface area (Å²) in [7, 11) is -3.40. The lowest BCUT2D eigenvalue weighted by atomic mass is 10.6. The fraction of sp³-hybridized carbons (Fsp3) is 0.500. The summed E-state index contributed by atoms with van der Waals surface area (Å²) < 4.78 is 25.7. The summed E-state index contributed by atoms with van der Waals surface area (Å²) in [6.07, 6.45) is 0. The maximum absolute atomic E-state index is 11.5. The van der Waals surface area contributed by atoms with E-state index < -0.39 is 10.0 Å². The number of rotatable bonds is 3. The van der Waals surface area contributed by atoms with Crippen LogP contribution in [0.3, 0.4) is 0 Å². The average molecular weight is 241 g/mol. The molecule has 0 amide bonds. The Balaban J connectivity index is 3.14. The van der Waals surface area contributed by atoms with Gasteiger partial charge in [0, 0.05) is 6.54 Å². The van der Waals surface area contributed by atoms with Crippen LogP contribution in [0, 0.1) is 6.92 Å². The third-order valence-electron chi connectivity index (χ3n) is 1.31. The van der Waals surface area contributed by atoms with Gasteiger partial charge in [-0.1, -0.05) is 29.9 Å². The first kappa shape index (κ1) is 10.9. The fourth-order valence-electron chi connectivity index (χ4n) is 0.856. The molecular weight excluding hydrogens is 232 g/mol. The zero-order valence-corrected chi connectivity index (χ0v) is 9.55. The van der Waals surface area contributed by atoms with E-state index in [0.29, 0.717) is 12.2 Å². The van der Waals surface area contributed by atoms with Gasteiger partial charge in [0.05, 0.1) is 5.69 Å². The molecule has 74 valence electrons. The van der Waals surface area contributed by atoms with Crippen LogP contribution in [-0.4, -0.2) is 19.9 Å². The third kappa shape index (κ3) is 2.40. The monoisotopic (exact) mass is 240 g/mol. The highest BCUT2D eigenvalue weighted by Crippen LogP contribution is 2.26. The molecule has 1 aromatic rings. The first-order valence-electron chi connectivity index (χ1n) is 3.60. The number of hydrogen-bond donors (Lipinski definition) is 1. The lowest BCUT2D eigenvalue weighted by Crippen LogP contribution is -2.22. The molecule has 0 bridgehead atoms. The molecule has 0 aliphatic heterocycles. The molecule has 0 saturated heterocycles. The summed E-state index contributed by atoms with van der Waals surface area (Å²) in [5, 5.41) is 0. The SMILES string of the molecule is CCNS(=O)(=O)c1sc(Cl)nc1C. The lowest BCUT2D eigenvalue weighted by Gasteiger charge is -2.00. The van der Waals surface area contributed by atoms with Crippen LogP contribution in [0.2, 0.25) is 4.47 Å². The van der Waals surface area contributed by atoms with Crippen LogP contribution in [0.5, 0.6) is 0 Å². The highest BCUT2D eigenvalue weighted by Gasteiger charge is 2.19. The summed E-state index contributed by atoms with van der Waals surface area (Å²) in [4.78, 5) is 3.82. The molecule has 0 unspecified atom stereocenters. The third-order valence-corrected chi connectivity index (χ3v) is 4.72. The highest BCUT2D eigenvalue weighted by atomic mass is 35.5. The Morgan fingerprint density at radius 3 is 2.62 bits per heavy atom. The minimum absolute atomic E-state index is 0.194. The summed E-state index contributed by atoms with van der Waals surface area (Å²) in [5.74, 6) is 0. The number of nitrogens with one attached hydrogen (secondary N) is 1. The van der Waals surface area contributed by atoms with Crippen LogP contribution >= 0.6 is 22.9 Å². The van der Waals surface area contributed by atoms with Crippen LogP contribution in [0.15, 0.2) is 4.21 Å². The molecule has 1 N–H and O–H groups in total. The van der Waals surface area contributed by atoms with Gasteiger partial charge in [-0.3, -0.25) is 0 Å². The van der Waals surface area contributed by atoms with Crippen molar-refractivity contribution in [3.05, 3.63) is 10.2 Å². The Morgan fingerprint density at radius 1 is 1.62 bits per heavy atom. The summed E-state index contributed by atoms with van der Waals surface area (Å²) in [6.45, 7) is 3.69. The van der Waals surface area contributed by atoms with Gasteiger partial charge in [-0.25, -0.2) is 18.1 Å². The van der Waals surface area contributed by atoms with E-state index >= 15 is 0 Å². The van der Waals surface area contributed by atoms with Crippen molar-refractivity contribution in [2.45, 2.75) is 18.1 Å². The maximum Gasteiger partial charge on any atom is 0.251 e. The van der Waals surface area contributed by atoms with E-state index in [0.717, 1.165) is 11.3 Å². The van der Waals surface area contributed by atoms with Crippen LogP contribution in [0.1, 0.15) is 12.6 Å². The maximum atomic E-state index is 11.5. The van der Waals surface area contributed by atoms with Crippen LogP contribution in [0.25, 0.3) is 0 Å². The molecule has 1 rings (SSSR count). The Hall–Kier alpha value is -0.170. The Labute approximate surface area is 86.0 Å². The van der Waals surface area contributed by atoms with Crippen molar-refractivity contribution in [3.8, 4) is 0 Å². The van der Waals surface area contributed by atoms with Gasteiger partial charge in [0.25, 0.3) is 10.0 Å². The molecule has 0 aliphatic rings. The van der Waals surface area contributed by atoms with Gasteiger partial charge in [0.1, 0.15) is 0 Å². The van der Waals surface area contributed by atoms with Gasteiger partial charge in [-0.2, -0.15) is 0 Å². The zero-order chi connectivity index (χ0) is 10.1. The molecule has 13 heavy (non-hydrogen) atoms. The second-order valence-electron chi connectivity index (χ2n) is 2.34. The molecule has 0 radical (unpaired) electrons. The van der Waals surface area contributed by atoms with Gasteiger partial charge in [-0.05, 0) is 6.92 Å². The molecule has 7 heteroatoms. The van der Waals surface area contributed by atoms with Gasteiger partial charge in [-0.15, -0.1) is 0 Å².